The summed E-state index contributed by atoms with van der Waals surface area (Å²) in [7, 11) is 0. The lowest BCUT2D eigenvalue weighted by molar-refractivity contribution is 1.31. The topological polar surface area (TPSA) is 76.6 Å². The maximum atomic E-state index is 3.78. The zero-order valence-corrected chi connectivity index (χ0v) is 8.84. The van der Waals surface area contributed by atoms with E-state index in [2.05, 4.69) is 15.0 Å². The van der Waals surface area contributed by atoms with E-state index in [0.717, 1.165) is 0 Å². The largest absolute Gasteiger partial charge is 0.351 e. The standard InChI is InChI=1S/C5H5N.C3H4N2.H3N.H3P/c1-2-4-6-5-3-1;1-2-5-3-4-1;;/h1-5H;1-3H,(H,4,5);2*1H3. The smallest absolute Gasteiger partial charge is 0.0919 e. The SMILES string of the molecule is N.P.c1c[nH]cn1.c1ccncc1. The summed E-state index contributed by atoms with van der Waals surface area (Å²) < 4.78 is 0. The van der Waals surface area contributed by atoms with Crippen molar-refractivity contribution < 1.29 is 0 Å². The molecular weight excluding hydrogens is 183 g/mol. The molecule has 4 nitrogen and oxygen atoms in total. The molecule has 0 aliphatic rings. The minimum absolute atomic E-state index is 0. The zero-order chi connectivity index (χ0) is 7.78. The van der Waals surface area contributed by atoms with Crippen molar-refractivity contribution in [2.45, 2.75) is 0 Å². The van der Waals surface area contributed by atoms with Crippen molar-refractivity contribution in [2.24, 2.45) is 0 Å². The maximum Gasteiger partial charge on any atom is 0.0919 e. The predicted octanol–water partition coefficient (Wildman–Crippen LogP) is 1.71. The van der Waals surface area contributed by atoms with Crippen molar-refractivity contribution in [1.29, 1.82) is 0 Å². The average molecular weight is 198 g/mol. The predicted molar refractivity (Wildman–Crippen MR) is 59.0 cm³/mol. The third-order valence-electron chi connectivity index (χ3n) is 0.972. The van der Waals surface area contributed by atoms with Gasteiger partial charge in [-0.1, -0.05) is 6.07 Å². The number of H-pyrrole nitrogens is 1. The molecule has 1 atom stereocenters. The molecule has 72 valence electrons. The highest BCUT2D eigenvalue weighted by atomic mass is 31.0. The summed E-state index contributed by atoms with van der Waals surface area (Å²) in [6.07, 6.45) is 8.58. The van der Waals surface area contributed by atoms with Crippen molar-refractivity contribution >= 4 is 9.90 Å². The first-order valence-electron chi connectivity index (χ1n) is 3.28. The summed E-state index contributed by atoms with van der Waals surface area (Å²) in [4.78, 5) is 10.2. The third-order valence-corrected chi connectivity index (χ3v) is 0.972. The number of rotatable bonds is 0. The van der Waals surface area contributed by atoms with Crippen LogP contribution in [0.15, 0.2) is 49.3 Å². The number of hydrogen-bond donors (Lipinski definition) is 2. The third kappa shape index (κ3) is 8.66. The Hall–Kier alpha value is -1.25. The summed E-state index contributed by atoms with van der Waals surface area (Å²) in [5, 5.41) is 0. The van der Waals surface area contributed by atoms with Crippen LogP contribution in [0.25, 0.3) is 0 Å². The summed E-state index contributed by atoms with van der Waals surface area (Å²) in [5.74, 6) is 0. The lowest BCUT2D eigenvalue weighted by Gasteiger charge is -1.70. The highest BCUT2D eigenvalue weighted by molar-refractivity contribution is 6.92. The fourth-order valence-electron chi connectivity index (χ4n) is 0.528. The molecule has 0 amide bonds. The molecule has 0 radical (unpaired) electrons. The maximum absolute atomic E-state index is 3.78. The molecule has 2 rings (SSSR count). The van der Waals surface area contributed by atoms with Crippen LogP contribution in [-0.4, -0.2) is 15.0 Å². The number of hydrogen-bond acceptors (Lipinski definition) is 3. The van der Waals surface area contributed by atoms with Gasteiger partial charge in [0.15, 0.2) is 0 Å². The minimum Gasteiger partial charge on any atom is -0.351 e. The van der Waals surface area contributed by atoms with Gasteiger partial charge >= 0.3 is 0 Å². The van der Waals surface area contributed by atoms with Gasteiger partial charge in [-0.25, -0.2) is 4.98 Å². The van der Waals surface area contributed by atoms with E-state index in [4.69, 9.17) is 0 Å². The first-order chi connectivity index (χ1) is 5.50. The van der Waals surface area contributed by atoms with Gasteiger partial charge in [0.1, 0.15) is 0 Å². The lowest BCUT2D eigenvalue weighted by atomic mass is 10.5. The fraction of sp³-hybridized carbons (Fsp3) is 0. The van der Waals surface area contributed by atoms with Crippen LogP contribution in [0.2, 0.25) is 0 Å². The molecule has 1 unspecified atom stereocenters. The molecule has 5 heteroatoms. The van der Waals surface area contributed by atoms with Gasteiger partial charge < -0.3 is 11.1 Å². The number of imidazole rings is 1. The van der Waals surface area contributed by atoms with Crippen molar-refractivity contribution in [3.8, 4) is 0 Å². The molecule has 0 saturated heterocycles. The summed E-state index contributed by atoms with van der Waals surface area (Å²) >= 11 is 0. The normalized spacial score (nSPS) is 6.77. The summed E-state index contributed by atoms with van der Waals surface area (Å²) in [6.45, 7) is 0. The molecule has 0 spiro atoms. The molecule has 2 aromatic heterocycles. The second kappa shape index (κ2) is 10.8. The molecule has 0 aliphatic heterocycles. The second-order valence-corrected chi connectivity index (χ2v) is 1.79. The van der Waals surface area contributed by atoms with Gasteiger partial charge in [-0.3, -0.25) is 4.98 Å². The Balaban J connectivity index is 0. The van der Waals surface area contributed by atoms with E-state index in [1.807, 2.05) is 18.2 Å². The van der Waals surface area contributed by atoms with Crippen LogP contribution < -0.4 is 6.15 Å². The molecule has 13 heavy (non-hydrogen) atoms. The zero-order valence-electron chi connectivity index (χ0n) is 7.43. The van der Waals surface area contributed by atoms with Gasteiger partial charge in [0, 0.05) is 24.8 Å². The number of nitrogens with one attached hydrogen (secondary N) is 1. The van der Waals surface area contributed by atoms with Crippen LogP contribution in [0.1, 0.15) is 0 Å². The van der Waals surface area contributed by atoms with Gasteiger partial charge in [-0.15, -0.1) is 0 Å². The number of pyridine rings is 1. The Labute approximate surface area is 81.0 Å². The van der Waals surface area contributed by atoms with Crippen molar-refractivity contribution in [1.82, 2.24) is 21.1 Å². The van der Waals surface area contributed by atoms with Gasteiger partial charge in [-0.05, 0) is 12.1 Å². The molecule has 4 N–H and O–H groups in total. The van der Waals surface area contributed by atoms with E-state index >= 15 is 0 Å². The van der Waals surface area contributed by atoms with E-state index in [1.54, 1.807) is 31.1 Å². The summed E-state index contributed by atoms with van der Waals surface area (Å²) in [6, 6.07) is 5.72. The Kier molecular flexibility index (Phi) is 11.8. The monoisotopic (exact) mass is 198 g/mol. The lowest BCUT2D eigenvalue weighted by Crippen LogP contribution is -1.58. The minimum atomic E-state index is 0. The Bertz CT molecular complexity index is 202. The van der Waals surface area contributed by atoms with Crippen LogP contribution in [0.4, 0.5) is 0 Å². The second-order valence-electron chi connectivity index (χ2n) is 1.79. The molecule has 0 bridgehead atoms. The van der Waals surface area contributed by atoms with Crippen molar-refractivity contribution in [3.63, 3.8) is 0 Å². The molecule has 0 saturated carbocycles. The molecule has 0 aliphatic carbocycles. The van der Waals surface area contributed by atoms with E-state index in [9.17, 15) is 0 Å². The Morgan fingerprint density at radius 2 is 1.54 bits per heavy atom. The highest BCUT2D eigenvalue weighted by Crippen LogP contribution is 1.73. The molecule has 2 heterocycles. The van der Waals surface area contributed by atoms with E-state index in [0.29, 0.717) is 0 Å². The van der Waals surface area contributed by atoms with Crippen LogP contribution in [0, 0.1) is 0 Å². The van der Waals surface area contributed by atoms with Gasteiger partial charge in [0.25, 0.3) is 0 Å². The first kappa shape index (κ1) is 14.3. The Morgan fingerprint density at radius 1 is 0.846 bits per heavy atom. The van der Waals surface area contributed by atoms with Gasteiger partial charge in [0.2, 0.25) is 0 Å². The summed E-state index contributed by atoms with van der Waals surface area (Å²) in [5.41, 5.74) is 0. The fourth-order valence-corrected chi connectivity index (χ4v) is 0.528. The van der Waals surface area contributed by atoms with Gasteiger partial charge in [0.05, 0.1) is 6.33 Å². The quantitative estimate of drug-likeness (QED) is 0.632. The molecular formula is C8H15N4P. The molecule has 0 fully saturated rings. The molecule has 2 aromatic rings. The van der Waals surface area contributed by atoms with Crippen molar-refractivity contribution in [3.05, 3.63) is 49.3 Å². The number of nitrogens with zero attached hydrogens (tertiary/aromatic N) is 2. The highest BCUT2D eigenvalue weighted by Gasteiger charge is 1.58. The number of aromatic nitrogens is 3. The van der Waals surface area contributed by atoms with Gasteiger partial charge in [-0.2, -0.15) is 9.90 Å². The average Bonchev–Trinajstić information content (AvgIpc) is 2.64. The first-order valence-corrected chi connectivity index (χ1v) is 3.28. The van der Waals surface area contributed by atoms with Crippen LogP contribution in [0.5, 0.6) is 0 Å². The van der Waals surface area contributed by atoms with Crippen LogP contribution in [0.3, 0.4) is 0 Å². The van der Waals surface area contributed by atoms with Crippen LogP contribution in [-0.2, 0) is 0 Å². The number of aromatic amines is 1. The van der Waals surface area contributed by atoms with Crippen molar-refractivity contribution in [2.75, 3.05) is 0 Å². The van der Waals surface area contributed by atoms with Crippen LogP contribution >= 0.6 is 9.90 Å². The molecule has 0 aromatic carbocycles. The van der Waals surface area contributed by atoms with E-state index in [1.165, 1.54) is 0 Å². The van der Waals surface area contributed by atoms with E-state index < -0.39 is 0 Å². The Morgan fingerprint density at radius 3 is 1.69 bits per heavy atom. The van der Waals surface area contributed by atoms with E-state index in [-0.39, 0.29) is 16.0 Å².